The van der Waals surface area contributed by atoms with E-state index in [1.54, 1.807) is 28.4 Å². The van der Waals surface area contributed by atoms with E-state index in [9.17, 15) is 0 Å². The Labute approximate surface area is 277 Å². The predicted octanol–water partition coefficient (Wildman–Crippen LogP) is 11.5. The Morgan fingerprint density at radius 1 is 0.250 bits per heavy atom. The summed E-state index contributed by atoms with van der Waals surface area (Å²) in [5.41, 5.74) is 0. The maximum Gasteiger partial charge on any atom is 0.127 e. The molecule has 9 aromatic carbocycles. The number of fused-ring (bicyclic) bond motifs is 8. The van der Waals surface area contributed by atoms with Crippen LogP contribution in [0.15, 0.2) is 121 Å². The van der Waals surface area contributed by atoms with Crippen molar-refractivity contribution in [2.75, 3.05) is 28.4 Å². The van der Waals surface area contributed by atoms with E-state index >= 15 is 0 Å². The first kappa shape index (κ1) is 28.2. The van der Waals surface area contributed by atoms with Crippen LogP contribution in [-0.2, 0) is 0 Å². The third-order valence-corrected chi connectivity index (χ3v) is 9.98. The Morgan fingerprint density at radius 3 is 0.646 bits per heavy atom. The minimum Gasteiger partial charge on any atom is -0.496 e. The van der Waals surface area contributed by atoms with E-state index in [2.05, 4.69) is 121 Å². The van der Waals surface area contributed by atoms with Crippen LogP contribution < -0.4 is 18.9 Å². The summed E-state index contributed by atoms with van der Waals surface area (Å²) in [4.78, 5) is 0. The highest BCUT2D eigenvalue weighted by atomic mass is 16.5. The highest BCUT2D eigenvalue weighted by Gasteiger charge is 2.16. The molecule has 0 amide bonds. The van der Waals surface area contributed by atoms with Crippen LogP contribution in [0.1, 0.15) is 0 Å². The quantitative estimate of drug-likeness (QED) is 0.195. The van der Waals surface area contributed by atoms with Crippen LogP contribution in [0.2, 0.25) is 0 Å². The van der Waals surface area contributed by atoms with E-state index < -0.39 is 0 Å². The average molecular weight is 625 g/mol. The van der Waals surface area contributed by atoms with Crippen molar-refractivity contribution in [3.8, 4) is 23.0 Å². The lowest BCUT2D eigenvalue weighted by atomic mass is 9.93. The molecule has 0 saturated heterocycles. The van der Waals surface area contributed by atoms with Gasteiger partial charge < -0.3 is 18.9 Å². The van der Waals surface area contributed by atoms with Crippen LogP contribution in [0, 0.1) is 0 Å². The Hall–Kier alpha value is -6.00. The zero-order valence-corrected chi connectivity index (χ0v) is 27.2. The Bertz CT molecular complexity index is 2440. The first-order valence-electron chi connectivity index (χ1n) is 16.0. The molecule has 0 unspecified atom stereocenters. The van der Waals surface area contributed by atoms with Crippen molar-refractivity contribution in [2.45, 2.75) is 0 Å². The molecule has 0 atom stereocenters. The van der Waals surface area contributed by atoms with Gasteiger partial charge in [-0.2, -0.15) is 0 Å². The van der Waals surface area contributed by atoms with E-state index in [1.165, 1.54) is 0 Å². The molecule has 0 N–H and O–H groups in total. The summed E-state index contributed by atoms with van der Waals surface area (Å²) < 4.78 is 24.4. The van der Waals surface area contributed by atoms with Gasteiger partial charge in [-0.15, -0.1) is 0 Å². The molecule has 0 aromatic heterocycles. The number of benzene rings is 8. The molecule has 0 aliphatic carbocycles. The first-order chi connectivity index (χ1) is 23.6. The number of methoxy groups -OCH3 is 4. The first-order valence-corrected chi connectivity index (χ1v) is 16.0. The molecule has 232 valence electrons. The van der Waals surface area contributed by atoms with Crippen molar-refractivity contribution in [2.24, 2.45) is 0 Å². The van der Waals surface area contributed by atoms with Gasteiger partial charge in [-0.3, -0.25) is 0 Å². The van der Waals surface area contributed by atoms with Gasteiger partial charge in [0.05, 0.1) is 28.4 Å². The number of hydrogen-bond acceptors (Lipinski definition) is 4. The van der Waals surface area contributed by atoms with Crippen LogP contribution >= 0.6 is 0 Å². The van der Waals surface area contributed by atoms with Crippen molar-refractivity contribution in [1.29, 1.82) is 0 Å². The Kier molecular flexibility index (Phi) is 6.34. The summed E-state index contributed by atoms with van der Waals surface area (Å²) in [6, 6.07) is 43.5. The summed E-state index contributed by atoms with van der Waals surface area (Å²) in [5.74, 6) is 3.18. The minimum absolute atomic E-state index is 0.796. The Balaban J connectivity index is 1.66. The molecule has 4 heteroatoms. The second kappa shape index (κ2) is 10.8. The van der Waals surface area contributed by atoms with Gasteiger partial charge in [-0.1, -0.05) is 72.8 Å². The summed E-state index contributed by atoms with van der Waals surface area (Å²) in [6.45, 7) is 0. The van der Waals surface area contributed by atoms with Crippen LogP contribution in [-0.4, -0.2) is 28.4 Å². The van der Waals surface area contributed by atoms with Crippen molar-refractivity contribution < 1.29 is 18.9 Å². The van der Waals surface area contributed by atoms with Gasteiger partial charge in [0.25, 0.3) is 0 Å². The van der Waals surface area contributed by atoms with E-state index in [1.807, 2.05) is 0 Å². The topological polar surface area (TPSA) is 36.9 Å². The molecule has 0 aliphatic rings. The van der Waals surface area contributed by atoms with Crippen LogP contribution in [0.5, 0.6) is 23.0 Å². The number of rotatable bonds is 4. The molecule has 0 saturated carbocycles. The van der Waals surface area contributed by atoms with Crippen molar-refractivity contribution in [3.05, 3.63) is 121 Å². The maximum atomic E-state index is 6.09. The molecule has 0 aliphatic heterocycles. The zero-order valence-electron chi connectivity index (χ0n) is 27.2. The van der Waals surface area contributed by atoms with E-state index in [-0.39, 0.29) is 0 Å². The zero-order chi connectivity index (χ0) is 32.5. The predicted molar refractivity (Wildman–Crippen MR) is 202 cm³/mol. The second-order valence-electron chi connectivity index (χ2n) is 12.3. The molecule has 0 spiro atoms. The lowest BCUT2D eigenvalue weighted by Crippen LogP contribution is -1.91. The molecule has 8 bridgehead atoms. The standard InChI is InChI=1S/C44H32O4/c1-45-37-17-13-25-5-9-29-21-33(25)41(37)42-34-22-30(10-6-26(34)14-18-38(42)46-2)32-12-8-28-16-20-40(48-4)44(36(28)24-32)43-35-23-31(29)11-7-27(35)15-19-39(43)47-3/h5-24H,1-4H3. The fraction of sp³-hybridized carbons (Fsp3) is 0.0909. The van der Waals surface area contributed by atoms with Crippen LogP contribution in [0.3, 0.4) is 0 Å². The van der Waals surface area contributed by atoms with E-state index in [4.69, 9.17) is 18.9 Å². The summed E-state index contributed by atoms with van der Waals surface area (Å²) in [5, 5.41) is 17.3. The van der Waals surface area contributed by atoms with Gasteiger partial charge in [0.2, 0.25) is 0 Å². The normalized spacial score (nSPS) is 11.8. The second-order valence-corrected chi connectivity index (χ2v) is 12.3. The van der Waals surface area contributed by atoms with Gasteiger partial charge in [0.1, 0.15) is 23.0 Å². The summed E-state index contributed by atoms with van der Waals surface area (Å²) in [7, 11) is 6.96. The molecule has 0 heterocycles. The van der Waals surface area contributed by atoms with Gasteiger partial charge >= 0.3 is 0 Å². The highest BCUT2D eigenvalue weighted by molar-refractivity contribution is 6.24. The number of ether oxygens (including phenoxy) is 4. The lowest BCUT2D eigenvalue weighted by Gasteiger charge is -2.15. The molecule has 0 fully saturated rings. The average Bonchev–Trinajstić information content (AvgIpc) is 3.14. The third-order valence-electron chi connectivity index (χ3n) is 9.98. The SMILES string of the molecule is COc1ccc2ccc3cc2c1c1c(OC)ccc2ccc(cc21)c1ccc2ccc(OC)c(c2c1)c1c(OC)ccc2ccc3cc21. The van der Waals surface area contributed by atoms with Crippen molar-refractivity contribution >= 4 is 86.2 Å². The largest absolute Gasteiger partial charge is 0.496 e. The fourth-order valence-electron chi connectivity index (χ4n) is 7.63. The molecular weight excluding hydrogens is 592 g/mol. The molecule has 0 radical (unpaired) electrons. The van der Waals surface area contributed by atoms with Crippen LogP contribution in [0.4, 0.5) is 0 Å². The highest BCUT2D eigenvalue weighted by Crippen LogP contribution is 2.44. The van der Waals surface area contributed by atoms with E-state index in [0.717, 1.165) is 109 Å². The smallest absolute Gasteiger partial charge is 0.127 e. The van der Waals surface area contributed by atoms with Gasteiger partial charge in [0, 0.05) is 21.5 Å². The van der Waals surface area contributed by atoms with Gasteiger partial charge in [0.15, 0.2) is 0 Å². The third kappa shape index (κ3) is 4.09. The monoisotopic (exact) mass is 624 g/mol. The molecule has 4 nitrogen and oxygen atoms in total. The van der Waals surface area contributed by atoms with Gasteiger partial charge in [-0.25, -0.2) is 0 Å². The van der Waals surface area contributed by atoms with Crippen molar-refractivity contribution in [3.63, 3.8) is 0 Å². The Morgan fingerprint density at radius 2 is 0.438 bits per heavy atom. The fourth-order valence-corrected chi connectivity index (χ4v) is 7.63. The minimum atomic E-state index is 0.796. The van der Waals surface area contributed by atoms with Crippen molar-refractivity contribution in [1.82, 2.24) is 0 Å². The molecule has 9 rings (SSSR count). The molecule has 9 aromatic rings. The maximum absolute atomic E-state index is 6.09. The van der Waals surface area contributed by atoms with Gasteiger partial charge in [-0.05, 0) is 113 Å². The van der Waals surface area contributed by atoms with E-state index in [0.29, 0.717) is 0 Å². The lowest BCUT2D eigenvalue weighted by molar-refractivity contribution is 0.416. The summed E-state index contributed by atoms with van der Waals surface area (Å²) >= 11 is 0. The number of hydrogen-bond donors (Lipinski definition) is 0. The molecule has 48 heavy (non-hydrogen) atoms. The van der Waals surface area contributed by atoms with Crippen LogP contribution in [0.25, 0.3) is 86.2 Å². The summed E-state index contributed by atoms with van der Waals surface area (Å²) in [6.07, 6.45) is 0. The molecular formula is C44H32O4.